The van der Waals surface area contributed by atoms with Crippen molar-refractivity contribution in [2.45, 2.75) is 19.9 Å². The Morgan fingerprint density at radius 3 is 3.11 bits per heavy atom. The molecule has 1 saturated heterocycles. The number of nitrogens with one attached hydrogen (secondary N) is 2. The van der Waals surface area contributed by atoms with Crippen LogP contribution < -0.4 is 5.32 Å². The van der Waals surface area contributed by atoms with E-state index in [1.165, 1.54) is 0 Å². The minimum Gasteiger partial charge on any atom is -0.342 e. The predicted octanol–water partition coefficient (Wildman–Crippen LogP) is 1.31. The van der Waals surface area contributed by atoms with Crippen LogP contribution in [0.2, 0.25) is 0 Å². The lowest BCUT2D eigenvalue weighted by molar-refractivity contribution is 0.0709. The topological polar surface area (TPSA) is 61.0 Å². The van der Waals surface area contributed by atoms with E-state index >= 15 is 0 Å². The third kappa shape index (κ3) is 2.33. The van der Waals surface area contributed by atoms with Gasteiger partial charge in [0.15, 0.2) is 0 Å². The smallest absolute Gasteiger partial charge is 0.254 e. The Labute approximate surface area is 112 Å². The van der Waals surface area contributed by atoms with Crippen LogP contribution in [0.3, 0.4) is 0 Å². The van der Waals surface area contributed by atoms with Crippen molar-refractivity contribution in [3.05, 3.63) is 29.6 Å². The number of piperazine rings is 1. The molecule has 2 N–H and O–H groups in total. The molecule has 5 nitrogen and oxygen atoms in total. The Morgan fingerprint density at radius 2 is 2.32 bits per heavy atom. The Balaban J connectivity index is 1.88. The predicted molar refractivity (Wildman–Crippen MR) is 74.2 cm³/mol. The van der Waals surface area contributed by atoms with E-state index in [0.29, 0.717) is 6.04 Å². The highest BCUT2D eigenvalue weighted by atomic mass is 16.2. The Hall–Kier alpha value is -1.88. The summed E-state index contributed by atoms with van der Waals surface area (Å²) in [6.07, 6.45) is 0. The molecule has 1 aromatic heterocycles. The van der Waals surface area contributed by atoms with Crippen LogP contribution in [0.1, 0.15) is 23.1 Å². The number of benzene rings is 1. The van der Waals surface area contributed by atoms with Gasteiger partial charge in [0.25, 0.3) is 5.91 Å². The SMILES string of the molecule is Cc1nc2ccc(C(=O)N3CCNC(C)C3)cc2[nH]1. The monoisotopic (exact) mass is 258 g/mol. The van der Waals surface area contributed by atoms with Crippen LogP contribution in [0, 0.1) is 6.92 Å². The summed E-state index contributed by atoms with van der Waals surface area (Å²) in [6, 6.07) is 6.01. The summed E-state index contributed by atoms with van der Waals surface area (Å²) in [6.45, 7) is 6.40. The molecule has 2 heterocycles. The summed E-state index contributed by atoms with van der Waals surface area (Å²) >= 11 is 0. The highest BCUT2D eigenvalue weighted by Crippen LogP contribution is 2.15. The van der Waals surface area contributed by atoms with Crippen LogP contribution >= 0.6 is 0 Å². The van der Waals surface area contributed by atoms with Gasteiger partial charge in [-0.25, -0.2) is 4.98 Å². The number of fused-ring (bicyclic) bond motifs is 1. The van der Waals surface area contributed by atoms with E-state index in [2.05, 4.69) is 22.2 Å². The fourth-order valence-corrected chi connectivity index (χ4v) is 2.57. The quantitative estimate of drug-likeness (QED) is 0.810. The zero-order valence-electron chi connectivity index (χ0n) is 11.2. The standard InChI is InChI=1S/C14H18N4O/c1-9-8-18(6-5-15-9)14(19)11-3-4-12-13(7-11)17-10(2)16-12/h3-4,7,9,15H,5-6,8H2,1-2H3,(H,16,17). The number of amides is 1. The van der Waals surface area contributed by atoms with E-state index in [9.17, 15) is 4.79 Å². The Morgan fingerprint density at radius 1 is 1.47 bits per heavy atom. The lowest BCUT2D eigenvalue weighted by atomic mass is 10.1. The maximum Gasteiger partial charge on any atom is 0.254 e. The van der Waals surface area contributed by atoms with Crippen molar-refractivity contribution >= 4 is 16.9 Å². The molecular weight excluding hydrogens is 240 g/mol. The van der Waals surface area contributed by atoms with Gasteiger partial charge in [0, 0.05) is 31.2 Å². The number of nitrogens with zero attached hydrogens (tertiary/aromatic N) is 2. The Bertz CT molecular complexity index is 619. The first kappa shape index (κ1) is 12.2. The molecule has 0 aliphatic carbocycles. The highest BCUT2D eigenvalue weighted by molar-refractivity contribution is 5.97. The van der Waals surface area contributed by atoms with Gasteiger partial charge in [0.1, 0.15) is 5.82 Å². The molecule has 100 valence electrons. The molecule has 1 aliphatic heterocycles. The van der Waals surface area contributed by atoms with Crippen molar-refractivity contribution < 1.29 is 4.79 Å². The molecule has 1 fully saturated rings. The zero-order chi connectivity index (χ0) is 13.4. The number of hydrogen-bond donors (Lipinski definition) is 2. The number of hydrogen-bond acceptors (Lipinski definition) is 3. The van der Waals surface area contributed by atoms with Crippen molar-refractivity contribution in [3.8, 4) is 0 Å². The third-order valence-corrected chi connectivity index (χ3v) is 3.50. The zero-order valence-corrected chi connectivity index (χ0v) is 11.2. The van der Waals surface area contributed by atoms with E-state index in [4.69, 9.17) is 0 Å². The lowest BCUT2D eigenvalue weighted by Gasteiger charge is -2.31. The van der Waals surface area contributed by atoms with Gasteiger partial charge in [-0.05, 0) is 32.0 Å². The van der Waals surface area contributed by atoms with Gasteiger partial charge in [-0.2, -0.15) is 0 Å². The fourth-order valence-electron chi connectivity index (χ4n) is 2.57. The largest absolute Gasteiger partial charge is 0.342 e. The highest BCUT2D eigenvalue weighted by Gasteiger charge is 2.21. The van der Waals surface area contributed by atoms with E-state index in [0.717, 1.165) is 42.1 Å². The number of rotatable bonds is 1. The second kappa shape index (κ2) is 4.66. The van der Waals surface area contributed by atoms with Gasteiger partial charge < -0.3 is 15.2 Å². The molecule has 1 amide bonds. The average Bonchev–Trinajstić information content (AvgIpc) is 2.76. The van der Waals surface area contributed by atoms with E-state index in [1.807, 2.05) is 30.0 Å². The lowest BCUT2D eigenvalue weighted by Crippen LogP contribution is -2.51. The van der Waals surface area contributed by atoms with Gasteiger partial charge in [-0.3, -0.25) is 4.79 Å². The number of aryl methyl sites for hydroxylation is 1. The van der Waals surface area contributed by atoms with Crippen LogP contribution in [0.5, 0.6) is 0 Å². The van der Waals surface area contributed by atoms with Gasteiger partial charge in [-0.1, -0.05) is 0 Å². The molecule has 0 radical (unpaired) electrons. The molecule has 1 aromatic carbocycles. The molecule has 1 atom stereocenters. The molecule has 5 heteroatoms. The van der Waals surface area contributed by atoms with Crippen LogP contribution in [0.15, 0.2) is 18.2 Å². The van der Waals surface area contributed by atoms with E-state index in [1.54, 1.807) is 0 Å². The van der Waals surface area contributed by atoms with Crippen molar-refractivity contribution in [3.63, 3.8) is 0 Å². The number of aromatic nitrogens is 2. The molecule has 3 rings (SSSR count). The first-order valence-electron chi connectivity index (χ1n) is 6.62. The van der Waals surface area contributed by atoms with Gasteiger partial charge >= 0.3 is 0 Å². The summed E-state index contributed by atoms with van der Waals surface area (Å²) in [5, 5.41) is 3.34. The first-order valence-corrected chi connectivity index (χ1v) is 6.62. The van der Waals surface area contributed by atoms with Crippen LogP contribution in [-0.2, 0) is 0 Å². The third-order valence-electron chi connectivity index (χ3n) is 3.50. The molecule has 2 aromatic rings. The number of H-pyrrole nitrogens is 1. The molecular formula is C14H18N4O. The minimum absolute atomic E-state index is 0.0995. The number of carbonyl (C=O) groups is 1. The summed E-state index contributed by atoms with van der Waals surface area (Å²) in [4.78, 5) is 21.9. The molecule has 0 saturated carbocycles. The molecule has 1 aliphatic rings. The summed E-state index contributed by atoms with van der Waals surface area (Å²) in [5.74, 6) is 0.970. The van der Waals surface area contributed by atoms with Gasteiger partial charge in [0.05, 0.1) is 11.0 Å². The number of carbonyl (C=O) groups excluding carboxylic acids is 1. The molecule has 0 spiro atoms. The van der Waals surface area contributed by atoms with Crippen molar-refractivity contribution in [1.82, 2.24) is 20.2 Å². The average molecular weight is 258 g/mol. The van der Waals surface area contributed by atoms with E-state index in [-0.39, 0.29) is 5.91 Å². The van der Waals surface area contributed by atoms with Crippen LogP contribution in [0.4, 0.5) is 0 Å². The molecule has 19 heavy (non-hydrogen) atoms. The van der Waals surface area contributed by atoms with Crippen molar-refractivity contribution in [2.75, 3.05) is 19.6 Å². The normalized spacial score (nSPS) is 19.9. The first-order chi connectivity index (χ1) is 9.13. The molecule has 0 bridgehead atoms. The summed E-state index contributed by atoms with van der Waals surface area (Å²) in [5.41, 5.74) is 2.56. The van der Waals surface area contributed by atoms with Crippen molar-refractivity contribution in [2.24, 2.45) is 0 Å². The van der Waals surface area contributed by atoms with Crippen LogP contribution in [0.25, 0.3) is 11.0 Å². The fraction of sp³-hybridized carbons (Fsp3) is 0.429. The maximum atomic E-state index is 12.5. The van der Waals surface area contributed by atoms with Crippen LogP contribution in [-0.4, -0.2) is 46.5 Å². The van der Waals surface area contributed by atoms with Crippen molar-refractivity contribution in [1.29, 1.82) is 0 Å². The Kier molecular flexibility index (Phi) is 2.98. The minimum atomic E-state index is 0.0995. The van der Waals surface area contributed by atoms with E-state index < -0.39 is 0 Å². The van der Waals surface area contributed by atoms with Gasteiger partial charge in [0.2, 0.25) is 0 Å². The number of aromatic amines is 1. The number of imidazole rings is 1. The maximum absolute atomic E-state index is 12.5. The van der Waals surface area contributed by atoms with Gasteiger partial charge in [-0.15, -0.1) is 0 Å². The summed E-state index contributed by atoms with van der Waals surface area (Å²) in [7, 11) is 0. The molecule has 1 unspecified atom stereocenters. The second-order valence-electron chi connectivity index (χ2n) is 5.16. The second-order valence-corrected chi connectivity index (χ2v) is 5.16. The summed E-state index contributed by atoms with van der Waals surface area (Å²) < 4.78 is 0.